The fourth-order valence-electron chi connectivity index (χ4n) is 5.02. The molecule has 2 saturated carbocycles. The SMILES string of the molecule is CC1CC(C)(C)C(CCCO)C2CCCCC12. The molecule has 2 aliphatic carbocycles. The highest BCUT2D eigenvalue weighted by Crippen LogP contribution is 2.55. The lowest BCUT2D eigenvalue weighted by Crippen LogP contribution is -2.45. The number of aliphatic hydroxyl groups is 1. The van der Waals surface area contributed by atoms with Crippen LogP contribution < -0.4 is 0 Å². The van der Waals surface area contributed by atoms with E-state index in [1.165, 1.54) is 38.5 Å². The van der Waals surface area contributed by atoms with Gasteiger partial charge in [-0.1, -0.05) is 33.6 Å². The van der Waals surface area contributed by atoms with Gasteiger partial charge in [-0.2, -0.15) is 0 Å². The van der Waals surface area contributed by atoms with Crippen molar-refractivity contribution >= 4 is 0 Å². The van der Waals surface area contributed by atoms with Crippen LogP contribution in [0.5, 0.6) is 0 Å². The molecule has 0 aromatic heterocycles. The van der Waals surface area contributed by atoms with Crippen LogP contribution in [0, 0.1) is 29.1 Å². The van der Waals surface area contributed by atoms with E-state index in [0.29, 0.717) is 12.0 Å². The second kappa shape index (κ2) is 5.30. The highest BCUT2D eigenvalue weighted by molar-refractivity contribution is 4.96. The molecule has 2 aliphatic rings. The Hall–Kier alpha value is -0.0400. The zero-order chi connectivity index (χ0) is 12.5. The van der Waals surface area contributed by atoms with E-state index in [2.05, 4.69) is 20.8 Å². The zero-order valence-electron chi connectivity index (χ0n) is 11.9. The standard InChI is InChI=1S/C16H30O/c1-12-11-16(2,3)15(9-6-10-17)14-8-5-4-7-13(12)14/h12-15,17H,4-11H2,1-3H3. The van der Waals surface area contributed by atoms with Gasteiger partial charge in [-0.05, 0) is 61.2 Å². The van der Waals surface area contributed by atoms with Crippen molar-refractivity contribution in [3.8, 4) is 0 Å². The van der Waals surface area contributed by atoms with Gasteiger partial charge < -0.3 is 5.11 Å². The van der Waals surface area contributed by atoms with Crippen molar-refractivity contribution in [2.45, 2.75) is 65.7 Å². The molecule has 1 nitrogen and oxygen atoms in total. The Morgan fingerprint density at radius 2 is 1.76 bits per heavy atom. The first-order chi connectivity index (χ1) is 8.06. The topological polar surface area (TPSA) is 20.2 Å². The van der Waals surface area contributed by atoms with Gasteiger partial charge >= 0.3 is 0 Å². The van der Waals surface area contributed by atoms with Crippen molar-refractivity contribution in [2.24, 2.45) is 29.1 Å². The summed E-state index contributed by atoms with van der Waals surface area (Å²) in [5.74, 6) is 3.71. The number of aliphatic hydroxyl groups excluding tert-OH is 1. The summed E-state index contributed by atoms with van der Waals surface area (Å²) in [5, 5.41) is 9.12. The lowest BCUT2D eigenvalue weighted by molar-refractivity contribution is -0.0383. The van der Waals surface area contributed by atoms with Gasteiger partial charge in [-0.3, -0.25) is 0 Å². The van der Waals surface area contributed by atoms with Gasteiger partial charge in [-0.25, -0.2) is 0 Å². The number of rotatable bonds is 3. The minimum atomic E-state index is 0.375. The van der Waals surface area contributed by atoms with Gasteiger partial charge in [0.05, 0.1) is 0 Å². The maximum Gasteiger partial charge on any atom is 0.0431 e. The average Bonchev–Trinajstić information content (AvgIpc) is 2.28. The molecule has 0 aromatic rings. The molecule has 0 aromatic carbocycles. The third-order valence-corrected chi connectivity index (χ3v) is 5.65. The fourth-order valence-corrected chi connectivity index (χ4v) is 5.02. The fraction of sp³-hybridized carbons (Fsp3) is 1.00. The molecule has 100 valence electrons. The molecule has 4 unspecified atom stereocenters. The molecule has 0 spiro atoms. The van der Waals surface area contributed by atoms with Gasteiger partial charge in [0.2, 0.25) is 0 Å². The zero-order valence-corrected chi connectivity index (χ0v) is 11.9. The normalized spacial score (nSPS) is 40.9. The Bertz CT molecular complexity index is 246. The summed E-state index contributed by atoms with van der Waals surface area (Å²) < 4.78 is 0. The molecule has 4 atom stereocenters. The van der Waals surface area contributed by atoms with Crippen LogP contribution in [0.1, 0.15) is 65.7 Å². The maximum atomic E-state index is 9.12. The Morgan fingerprint density at radius 1 is 1.12 bits per heavy atom. The molecule has 0 saturated heterocycles. The Labute approximate surface area is 107 Å². The highest BCUT2D eigenvalue weighted by Gasteiger charge is 2.46. The lowest BCUT2D eigenvalue weighted by Gasteiger charge is -2.53. The van der Waals surface area contributed by atoms with E-state index in [1.54, 1.807) is 0 Å². The maximum absolute atomic E-state index is 9.12. The van der Waals surface area contributed by atoms with E-state index in [-0.39, 0.29) is 0 Å². The summed E-state index contributed by atoms with van der Waals surface area (Å²) in [6, 6.07) is 0. The van der Waals surface area contributed by atoms with E-state index in [4.69, 9.17) is 5.11 Å². The molecule has 2 rings (SSSR count). The summed E-state index contributed by atoms with van der Waals surface area (Å²) in [4.78, 5) is 0. The summed E-state index contributed by atoms with van der Waals surface area (Å²) in [5.41, 5.74) is 0.493. The van der Waals surface area contributed by atoms with E-state index >= 15 is 0 Å². The second-order valence-electron chi connectivity index (χ2n) is 7.25. The van der Waals surface area contributed by atoms with Crippen LogP contribution in [-0.4, -0.2) is 11.7 Å². The Morgan fingerprint density at radius 3 is 2.41 bits per heavy atom. The average molecular weight is 238 g/mol. The first-order valence-electron chi connectivity index (χ1n) is 7.67. The van der Waals surface area contributed by atoms with Crippen LogP contribution in [0.2, 0.25) is 0 Å². The number of hydrogen-bond acceptors (Lipinski definition) is 1. The third-order valence-electron chi connectivity index (χ3n) is 5.65. The highest BCUT2D eigenvalue weighted by atomic mass is 16.2. The molecule has 0 amide bonds. The van der Waals surface area contributed by atoms with Crippen LogP contribution in [0.4, 0.5) is 0 Å². The molecule has 2 fully saturated rings. The summed E-state index contributed by atoms with van der Waals surface area (Å²) in [6.45, 7) is 7.79. The molecule has 0 heterocycles. The van der Waals surface area contributed by atoms with E-state index < -0.39 is 0 Å². The van der Waals surface area contributed by atoms with Crippen molar-refractivity contribution < 1.29 is 5.11 Å². The number of fused-ring (bicyclic) bond motifs is 1. The molecule has 0 radical (unpaired) electrons. The minimum Gasteiger partial charge on any atom is -0.396 e. The summed E-state index contributed by atoms with van der Waals surface area (Å²) >= 11 is 0. The third kappa shape index (κ3) is 2.70. The van der Waals surface area contributed by atoms with E-state index in [9.17, 15) is 0 Å². The Balaban J connectivity index is 2.13. The first kappa shape index (κ1) is 13.4. The van der Waals surface area contributed by atoms with Crippen molar-refractivity contribution in [3.05, 3.63) is 0 Å². The van der Waals surface area contributed by atoms with E-state index in [0.717, 1.165) is 30.1 Å². The van der Waals surface area contributed by atoms with Crippen molar-refractivity contribution in [2.75, 3.05) is 6.61 Å². The van der Waals surface area contributed by atoms with Crippen molar-refractivity contribution in [3.63, 3.8) is 0 Å². The predicted octanol–water partition coefficient (Wildman–Crippen LogP) is 4.25. The molecule has 1 heteroatoms. The van der Waals surface area contributed by atoms with Gasteiger partial charge in [0, 0.05) is 6.61 Å². The van der Waals surface area contributed by atoms with Crippen LogP contribution in [0.15, 0.2) is 0 Å². The van der Waals surface area contributed by atoms with Crippen molar-refractivity contribution in [1.82, 2.24) is 0 Å². The van der Waals surface area contributed by atoms with Gasteiger partial charge in [-0.15, -0.1) is 0 Å². The van der Waals surface area contributed by atoms with Gasteiger partial charge in [0.1, 0.15) is 0 Å². The van der Waals surface area contributed by atoms with Crippen molar-refractivity contribution in [1.29, 1.82) is 0 Å². The van der Waals surface area contributed by atoms with Gasteiger partial charge in [0.15, 0.2) is 0 Å². The summed E-state index contributed by atoms with van der Waals surface area (Å²) in [6.07, 6.45) is 9.47. The van der Waals surface area contributed by atoms with Crippen LogP contribution in [0.25, 0.3) is 0 Å². The molecular formula is C16H30O. The molecule has 0 bridgehead atoms. The second-order valence-corrected chi connectivity index (χ2v) is 7.25. The molecule has 17 heavy (non-hydrogen) atoms. The van der Waals surface area contributed by atoms with Crippen LogP contribution >= 0.6 is 0 Å². The minimum absolute atomic E-state index is 0.375. The lowest BCUT2D eigenvalue weighted by atomic mass is 9.52. The van der Waals surface area contributed by atoms with Gasteiger partial charge in [0.25, 0.3) is 0 Å². The largest absolute Gasteiger partial charge is 0.396 e. The molecule has 1 N–H and O–H groups in total. The predicted molar refractivity (Wildman–Crippen MR) is 72.8 cm³/mol. The molecular weight excluding hydrogens is 208 g/mol. The smallest absolute Gasteiger partial charge is 0.0431 e. The first-order valence-corrected chi connectivity index (χ1v) is 7.67. The quantitative estimate of drug-likeness (QED) is 0.779. The Kier molecular flexibility index (Phi) is 4.18. The van der Waals surface area contributed by atoms with Crippen LogP contribution in [0.3, 0.4) is 0 Å². The number of hydrogen-bond donors (Lipinski definition) is 1. The monoisotopic (exact) mass is 238 g/mol. The summed E-state index contributed by atoms with van der Waals surface area (Å²) in [7, 11) is 0. The van der Waals surface area contributed by atoms with Crippen LogP contribution in [-0.2, 0) is 0 Å². The van der Waals surface area contributed by atoms with E-state index in [1.807, 2.05) is 0 Å². The molecule has 0 aliphatic heterocycles.